The molecule has 1 aromatic carbocycles. The molecule has 130 valence electrons. The number of hydrogen-bond acceptors (Lipinski definition) is 5. The van der Waals surface area contributed by atoms with E-state index in [2.05, 4.69) is 31.1 Å². The van der Waals surface area contributed by atoms with Crippen LogP contribution in [-0.2, 0) is 4.74 Å². The van der Waals surface area contributed by atoms with E-state index in [0.29, 0.717) is 12.2 Å². The Morgan fingerprint density at radius 2 is 2.08 bits per heavy atom. The van der Waals surface area contributed by atoms with Crippen LogP contribution < -0.4 is 5.32 Å². The topological polar surface area (TPSA) is 51.2 Å². The lowest BCUT2D eigenvalue weighted by atomic mass is 10.1. The predicted octanol–water partition coefficient (Wildman–Crippen LogP) is 4.54. The van der Waals surface area contributed by atoms with E-state index in [-0.39, 0.29) is 16.7 Å². The summed E-state index contributed by atoms with van der Waals surface area (Å²) in [6.07, 6.45) is 1.77. The number of fused-ring (bicyclic) bond motifs is 1. The number of ether oxygens (including phenoxy) is 1. The number of carbonyl (C=O) groups is 1. The Hall–Kier alpha value is -1.24. The van der Waals surface area contributed by atoms with E-state index in [0.717, 1.165) is 15.8 Å². The van der Waals surface area contributed by atoms with E-state index >= 15 is 0 Å². The minimum atomic E-state index is -0.0995. The van der Waals surface area contributed by atoms with Crippen LogP contribution in [0.5, 0.6) is 0 Å². The summed E-state index contributed by atoms with van der Waals surface area (Å²) in [5.41, 5.74) is 1.51. The SMILES string of the molecule is COCC(C)NC(=O)c1ccc(SSC(C)(C)C)c2ncccc12. The fourth-order valence-electron chi connectivity index (χ4n) is 2.18. The Morgan fingerprint density at radius 3 is 2.75 bits per heavy atom. The summed E-state index contributed by atoms with van der Waals surface area (Å²) in [4.78, 5) is 18.1. The molecule has 2 aromatic rings. The summed E-state index contributed by atoms with van der Waals surface area (Å²) < 4.78 is 5.23. The molecular formula is C18H24N2O2S2. The monoisotopic (exact) mass is 364 g/mol. The molecule has 24 heavy (non-hydrogen) atoms. The van der Waals surface area contributed by atoms with Crippen LogP contribution in [0.25, 0.3) is 10.9 Å². The first-order chi connectivity index (χ1) is 11.3. The van der Waals surface area contributed by atoms with Gasteiger partial charge in [-0.2, -0.15) is 0 Å². The number of benzene rings is 1. The van der Waals surface area contributed by atoms with E-state index in [1.807, 2.05) is 31.2 Å². The lowest BCUT2D eigenvalue weighted by Gasteiger charge is -2.18. The molecule has 1 amide bonds. The summed E-state index contributed by atoms with van der Waals surface area (Å²) in [5.74, 6) is -0.0995. The molecule has 0 saturated heterocycles. The van der Waals surface area contributed by atoms with Gasteiger partial charge in [-0.25, -0.2) is 0 Å². The Balaban J connectivity index is 2.32. The van der Waals surface area contributed by atoms with Crippen molar-refractivity contribution in [1.82, 2.24) is 10.3 Å². The van der Waals surface area contributed by atoms with Crippen LogP contribution in [0.2, 0.25) is 0 Å². The standard InChI is InChI=1S/C18H24N2O2S2/c1-12(11-22-5)20-17(21)14-8-9-15(23-24-18(2,3)4)16-13(14)7-6-10-19-16/h6-10,12H,11H2,1-5H3,(H,20,21). The molecule has 1 unspecified atom stereocenters. The maximum Gasteiger partial charge on any atom is 0.252 e. The first-order valence-corrected chi connectivity index (χ1v) is 10.00. The summed E-state index contributed by atoms with van der Waals surface area (Å²) >= 11 is 0. The van der Waals surface area contributed by atoms with Crippen molar-refractivity contribution in [2.45, 2.75) is 43.4 Å². The van der Waals surface area contributed by atoms with Crippen molar-refractivity contribution < 1.29 is 9.53 Å². The van der Waals surface area contributed by atoms with Crippen LogP contribution in [0.1, 0.15) is 38.1 Å². The number of hydrogen-bond donors (Lipinski definition) is 1. The van der Waals surface area contributed by atoms with Gasteiger partial charge in [0.2, 0.25) is 0 Å². The number of aromatic nitrogens is 1. The molecule has 4 nitrogen and oxygen atoms in total. The molecule has 6 heteroatoms. The average Bonchev–Trinajstić information content (AvgIpc) is 2.51. The highest BCUT2D eigenvalue weighted by atomic mass is 33.1. The molecule has 1 N–H and O–H groups in total. The summed E-state index contributed by atoms with van der Waals surface area (Å²) in [5, 5.41) is 3.84. The van der Waals surface area contributed by atoms with E-state index < -0.39 is 0 Å². The van der Waals surface area contributed by atoms with Crippen molar-refractivity contribution in [2.24, 2.45) is 0 Å². The number of methoxy groups -OCH3 is 1. The van der Waals surface area contributed by atoms with Gasteiger partial charge in [-0.15, -0.1) is 0 Å². The fraction of sp³-hybridized carbons (Fsp3) is 0.444. The number of nitrogens with one attached hydrogen (secondary N) is 1. The van der Waals surface area contributed by atoms with Crippen LogP contribution in [0.4, 0.5) is 0 Å². The summed E-state index contributed by atoms with van der Waals surface area (Å²) in [7, 11) is 5.12. The van der Waals surface area contributed by atoms with Crippen molar-refractivity contribution in [3.05, 3.63) is 36.0 Å². The first kappa shape index (κ1) is 19.1. The zero-order valence-corrected chi connectivity index (χ0v) is 16.4. The fourth-order valence-corrected chi connectivity index (χ4v) is 4.30. The molecule has 1 heterocycles. The zero-order chi connectivity index (χ0) is 17.7. The summed E-state index contributed by atoms with van der Waals surface area (Å²) in [6, 6.07) is 7.63. The third-order valence-corrected chi connectivity index (χ3v) is 6.53. The van der Waals surface area contributed by atoms with E-state index in [1.165, 1.54) is 0 Å². The van der Waals surface area contributed by atoms with Gasteiger partial charge >= 0.3 is 0 Å². The van der Waals surface area contributed by atoms with Crippen LogP contribution in [-0.4, -0.2) is 35.4 Å². The maximum absolute atomic E-state index is 12.6. The zero-order valence-electron chi connectivity index (χ0n) is 14.8. The van der Waals surface area contributed by atoms with Gasteiger partial charge in [-0.1, -0.05) is 48.4 Å². The van der Waals surface area contributed by atoms with Crippen molar-refractivity contribution in [2.75, 3.05) is 13.7 Å². The molecule has 0 aliphatic rings. The average molecular weight is 365 g/mol. The molecule has 0 saturated carbocycles. The van der Waals surface area contributed by atoms with Gasteiger partial charge in [0.25, 0.3) is 5.91 Å². The Morgan fingerprint density at radius 1 is 1.33 bits per heavy atom. The Bertz CT molecular complexity index is 714. The van der Waals surface area contributed by atoms with Gasteiger partial charge in [0, 0.05) is 39.9 Å². The predicted molar refractivity (Wildman–Crippen MR) is 104 cm³/mol. The molecule has 2 rings (SSSR count). The highest BCUT2D eigenvalue weighted by Crippen LogP contribution is 2.42. The van der Waals surface area contributed by atoms with Crippen molar-refractivity contribution >= 4 is 38.4 Å². The van der Waals surface area contributed by atoms with Gasteiger partial charge in [0.1, 0.15) is 0 Å². The number of nitrogens with zero attached hydrogens (tertiary/aromatic N) is 1. The normalized spacial score (nSPS) is 13.0. The first-order valence-electron chi connectivity index (χ1n) is 7.85. The van der Waals surface area contributed by atoms with Gasteiger partial charge in [0.05, 0.1) is 12.1 Å². The number of carbonyl (C=O) groups excluding carboxylic acids is 1. The van der Waals surface area contributed by atoms with E-state index in [1.54, 1.807) is 34.9 Å². The quantitative estimate of drug-likeness (QED) is 0.763. The van der Waals surface area contributed by atoms with Gasteiger partial charge < -0.3 is 10.1 Å². The Labute approximate surface area is 151 Å². The second kappa shape index (κ2) is 8.23. The van der Waals surface area contributed by atoms with Gasteiger partial charge in [-0.3, -0.25) is 9.78 Å². The number of amides is 1. The largest absolute Gasteiger partial charge is 0.383 e. The minimum absolute atomic E-state index is 0.0419. The van der Waals surface area contributed by atoms with Crippen LogP contribution in [0.15, 0.2) is 35.4 Å². The molecule has 0 aliphatic heterocycles. The Kier molecular flexibility index (Phi) is 6.54. The van der Waals surface area contributed by atoms with Crippen LogP contribution in [0, 0.1) is 0 Å². The third-order valence-electron chi connectivity index (χ3n) is 3.15. The second-order valence-electron chi connectivity index (χ2n) is 6.62. The van der Waals surface area contributed by atoms with Crippen LogP contribution >= 0.6 is 21.6 Å². The second-order valence-corrected chi connectivity index (χ2v) is 9.62. The summed E-state index contributed by atoms with van der Waals surface area (Å²) in [6.45, 7) is 8.95. The van der Waals surface area contributed by atoms with Crippen molar-refractivity contribution in [3.63, 3.8) is 0 Å². The molecule has 1 atom stereocenters. The highest BCUT2D eigenvalue weighted by molar-refractivity contribution is 8.77. The van der Waals surface area contributed by atoms with Crippen LogP contribution in [0.3, 0.4) is 0 Å². The molecule has 0 bridgehead atoms. The number of rotatable bonds is 6. The maximum atomic E-state index is 12.6. The molecule has 0 fully saturated rings. The molecule has 0 spiro atoms. The lowest BCUT2D eigenvalue weighted by Crippen LogP contribution is -2.35. The highest BCUT2D eigenvalue weighted by Gasteiger charge is 2.17. The van der Waals surface area contributed by atoms with E-state index in [9.17, 15) is 4.79 Å². The minimum Gasteiger partial charge on any atom is -0.383 e. The van der Waals surface area contributed by atoms with Gasteiger partial charge in [-0.05, 0) is 25.1 Å². The van der Waals surface area contributed by atoms with E-state index in [4.69, 9.17) is 4.74 Å². The molecular weight excluding hydrogens is 340 g/mol. The smallest absolute Gasteiger partial charge is 0.252 e. The number of pyridine rings is 1. The molecule has 1 aromatic heterocycles. The molecule has 0 aliphatic carbocycles. The lowest BCUT2D eigenvalue weighted by molar-refractivity contribution is 0.0907. The van der Waals surface area contributed by atoms with Crippen molar-refractivity contribution in [3.8, 4) is 0 Å². The third kappa shape index (κ3) is 5.13. The van der Waals surface area contributed by atoms with Gasteiger partial charge in [0.15, 0.2) is 0 Å². The van der Waals surface area contributed by atoms with Crippen molar-refractivity contribution in [1.29, 1.82) is 0 Å². The molecule has 0 radical (unpaired) electrons.